The Kier molecular flexibility index (Phi) is 7.92. The zero-order valence-corrected chi connectivity index (χ0v) is 12.3. The lowest BCUT2D eigenvalue weighted by atomic mass is 9.84. The summed E-state index contributed by atoms with van der Waals surface area (Å²) in [4.78, 5) is 11.7. The standard InChI is InChI=1S/C15H28O3/c1-6-9-13(18-14(16)12(4)5)15(17,10-7-2)11-8-3/h13,17H,4,6-11H2,1-3,5H3. The lowest BCUT2D eigenvalue weighted by Crippen LogP contribution is -2.45. The fourth-order valence-corrected chi connectivity index (χ4v) is 2.24. The van der Waals surface area contributed by atoms with Gasteiger partial charge in [0.25, 0.3) is 0 Å². The number of ether oxygens (including phenoxy) is 1. The topological polar surface area (TPSA) is 46.5 Å². The molecular formula is C15H28O3. The zero-order valence-electron chi connectivity index (χ0n) is 12.3. The second-order valence-corrected chi connectivity index (χ2v) is 5.07. The molecule has 0 saturated heterocycles. The molecule has 3 heteroatoms. The molecule has 0 aromatic heterocycles. The number of esters is 1. The minimum absolute atomic E-state index is 0.381. The average molecular weight is 256 g/mol. The lowest BCUT2D eigenvalue weighted by molar-refractivity contribution is -0.164. The van der Waals surface area contributed by atoms with Crippen LogP contribution in [0.3, 0.4) is 0 Å². The molecule has 1 atom stereocenters. The van der Waals surface area contributed by atoms with Gasteiger partial charge >= 0.3 is 5.97 Å². The molecule has 0 aliphatic rings. The maximum atomic E-state index is 11.7. The number of hydrogen-bond donors (Lipinski definition) is 1. The molecule has 0 aliphatic carbocycles. The van der Waals surface area contributed by atoms with E-state index in [1.807, 2.05) is 20.8 Å². The van der Waals surface area contributed by atoms with Gasteiger partial charge in [-0.05, 0) is 26.2 Å². The van der Waals surface area contributed by atoms with Crippen LogP contribution in [0.25, 0.3) is 0 Å². The first-order chi connectivity index (χ1) is 8.41. The molecule has 0 heterocycles. The number of aliphatic hydroxyl groups is 1. The fraction of sp³-hybridized carbons (Fsp3) is 0.800. The van der Waals surface area contributed by atoms with Crippen molar-refractivity contribution in [3.8, 4) is 0 Å². The highest BCUT2D eigenvalue weighted by atomic mass is 16.6. The highest BCUT2D eigenvalue weighted by Gasteiger charge is 2.37. The average Bonchev–Trinajstić information content (AvgIpc) is 2.28. The molecule has 18 heavy (non-hydrogen) atoms. The van der Waals surface area contributed by atoms with E-state index in [0.717, 1.165) is 19.3 Å². The van der Waals surface area contributed by atoms with E-state index in [0.29, 0.717) is 24.8 Å². The van der Waals surface area contributed by atoms with Crippen molar-refractivity contribution < 1.29 is 14.6 Å². The Balaban J connectivity index is 4.89. The van der Waals surface area contributed by atoms with Gasteiger partial charge in [0.2, 0.25) is 0 Å². The third kappa shape index (κ3) is 5.21. The van der Waals surface area contributed by atoms with Crippen LogP contribution in [0.4, 0.5) is 0 Å². The smallest absolute Gasteiger partial charge is 0.333 e. The summed E-state index contributed by atoms with van der Waals surface area (Å²) in [5.74, 6) is -0.404. The second kappa shape index (κ2) is 8.30. The maximum absolute atomic E-state index is 11.7. The van der Waals surface area contributed by atoms with E-state index in [9.17, 15) is 9.90 Å². The number of carbonyl (C=O) groups is 1. The van der Waals surface area contributed by atoms with E-state index in [4.69, 9.17) is 4.74 Å². The molecule has 0 rings (SSSR count). The van der Waals surface area contributed by atoms with Gasteiger partial charge in [0, 0.05) is 5.57 Å². The SMILES string of the molecule is C=C(C)C(=O)OC(CCC)C(O)(CCC)CCC. The van der Waals surface area contributed by atoms with Crippen molar-refractivity contribution in [1.29, 1.82) is 0 Å². The second-order valence-electron chi connectivity index (χ2n) is 5.07. The molecule has 0 spiro atoms. The quantitative estimate of drug-likeness (QED) is 0.506. The van der Waals surface area contributed by atoms with Gasteiger partial charge in [-0.1, -0.05) is 46.6 Å². The van der Waals surface area contributed by atoms with Gasteiger partial charge in [-0.25, -0.2) is 4.79 Å². The van der Waals surface area contributed by atoms with Crippen LogP contribution >= 0.6 is 0 Å². The van der Waals surface area contributed by atoms with Crippen molar-refractivity contribution in [2.24, 2.45) is 0 Å². The predicted octanol–water partition coefficient (Wildman–Crippen LogP) is 3.61. The maximum Gasteiger partial charge on any atom is 0.333 e. The third-order valence-corrected chi connectivity index (χ3v) is 3.11. The van der Waals surface area contributed by atoms with Crippen LogP contribution in [-0.2, 0) is 9.53 Å². The Hall–Kier alpha value is -0.830. The number of carbonyl (C=O) groups excluding carboxylic acids is 1. The van der Waals surface area contributed by atoms with Gasteiger partial charge in [-0.2, -0.15) is 0 Å². The Labute approximate surface area is 111 Å². The summed E-state index contributed by atoms with van der Waals surface area (Å²) in [6.45, 7) is 11.3. The molecule has 0 fully saturated rings. The summed E-state index contributed by atoms with van der Waals surface area (Å²) >= 11 is 0. The first-order valence-electron chi connectivity index (χ1n) is 7.00. The highest BCUT2D eigenvalue weighted by Crippen LogP contribution is 2.29. The summed E-state index contributed by atoms with van der Waals surface area (Å²) in [6.07, 6.45) is 4.22. The summed E-state index contributed by atoms with van der Waals surface area (Å²) in [7, 11) is 0. The van der Waals surface area contributed by atoms with Gasteiger partial charge < -0.3 is 9.84 Å². The lowest BCUT2D eigenvalue weighted by Gasteiger charge is -2.35. The highest BCUT2D eigenvalue weighted by molar-refractivity contribution is 5.87. The van der Waals surface area contributed by atoms with E-state index >= 15 is 0 Å². The van der Waals surface area contributed by atoms with Crippen molar-refractivity contribution in [3.05, 3.63) is 12.2 Å². The Morgan fingerprint density at radius 1 is 1.22 bits per heavy atom. The van der Waals surface area contributed by atoms with E-state index in [-0.39, 0.29) is 0 Å². The van der Waals surface area contributed by atoms with Crippen LogP contribution < -0.4 is 0 Å². The van der Waals surface area contributed by atoms with Crippen LogP contribution in [0.2, 0.25) is 0 Å². The molecule has 106 valence electrons. The van der Waals surface area contributed by atoms with E-state index in [2.05, 4.69) is 6.58 Å². The Morgan fingerprint density at radius 3 is 2.06 bits per heavy atom. The van der Waals surface area contributed by atoms with Gasteiger partial charge in [0.15, 0.2) is 0 Å². The van der Waals surface area contributed by atoms with Crippen molar-refractivity contribution in [3.63, 3.8) is 0 Å². The molecule has 0 amide bonds. The largest absolute Gasteiger partial charge is 0.456 e. The van der Waals surface area contributed by atoms with Crippen LogP contribution in [0, 0.1) is 0 Å². The summed E-state index contributed by atoms with van der Waals surface area (Å²) in [5, 5.41) is 10.7. The molecule has 1 unspecified atom stereocenters. The first kappa shape index (κ1) is 17.2. The molecule has 0 radical (unpaired) electrons. The van der Waals surface area contributed by atoms with Crippen molar-refractivity contribution >= 4 is 5.97 Å². The molecule has 3 nitrogen and oxygen atoms in total. The fourth-order valence-electron chi connectivity index (χ4n) is 2.24. The molecular weight excluding hydrogens is 228 g/mol. The predicted molar refractivity (Wildman–Crippen MR) is 74.4 cm³/mol. The minimum atomic E-state index is -0.898. The molecule has 0 bridgehead atoms. The third-order valence-electron chi connectivity index (χ3n) is 3.11. The van der Waals surface area contributed by atoms with Gasteiger partial charge in [-0.15, -0.1) is 0 Å². The number of rotatable bonds is 9. The molecule has 0 aromatic rings. The van der Waals surface area contributed by atoms with Gasteiger partial charge in [-0.3, -0.25) is 0 Å². The van der Waals surface area contributed by atoms with E-state index < -0.39 is 17.7 Å². The minimum Gasteiger partial charge on any atom is -0.456 e. The van der Waals surface area contributed by atoms with Crippen LogP contribution in [-0.4, -0.2) is 22.8 Å². The first-order valence-corrected chi connectivity index (χ1v) is 7.00. The van der Waals surface area contributed by atoms with Crippen LogP contribution in [0.15, 0.2) is 12.2 Å². The zero-order chi connectivity index (χ0) is 14.2. The molecule has 1 N–H and O–H groups in total. The van der Waals surface area contributed by atoms with Crippen LogP contribution in [0.5, 0.6) is 0 Å². The van der Waals surface area contributed by atoms with Crippen LogP contribution in [0.1, 0.15) is 66.2 Å². The van der Waals surface area contributed by atoms with E-state index in [1.54, 1.807) is 6.92 Å². The summed E-state index contributed by atoms with van der Waals surface area (Å²) in [6, 6.07) is 0. The van der Waals surface area contributed by atoms with Gasteiger partial charge in [0.05, 0.1) is 0 Å². The molecule has 0 aliphatic heterocycles. The van der Waals surface area contributed by atoms with Crippen molar-refractivity contribution in [1.82, 2.24) is 0 Å². The molecule has 0 aromatic carbocycles. The normalized spacial score (nSPS) is 13.2. The Bertz CT molecular complexity index is 265. The van der Waals surface area contributed by atoms with Crippen molar-refractivity contribution in [2.45, 2.75) is 77.9 Å². The van der Waals surface area contributed by atoms with Crippen molar-refractivity contribution in [2.75, 3.05) is 0 Å². The Morgan fingerprint density at radius 2 is 1.72 bits per heavy atom. The monoisotopic (exact) mass is 256 g/mol. The summed E-state index contributed by atoms with van der Waals surface area (Å²) in [5.41, 5.74) is -0.517. The molecule has 0 saturated carbocycles. The summed E-state index contributed by atoms with van der Waals surface area (Å²) < 4.78 is 5.43. The van der Waals surface area contributed by atoms with E-state index in [1.165, 1.54) is 0 Å². The number of hydrogen-bond acceptors (Lipinski definition) is 3. The van der Waals surface area contributed by atoms with Gasteiger partial charge in [0.1, 0.15) is 11.7 Å².